The predicted molar refractivity (Wildman–Crippen MR) is 119 cm³/mol. The topological polar surface area (TPSA) is 101 Å². The summed E-state index contributed by atoms with van der Waals surface area (Å²) < 4.78 is 5.27. The van der Waals surface area contributed by atoms with Crippen molar-refractivity contribution in [3.8, 4) is 0 Å². The first-order chi connectivity index (χ1) is 16.5. The summed E-state index contributed by atoms with van der Waals surface area (Å²) in [5.74, 6) is -2.23. The van der Waals surface area contributed by atoms with Crippen LogP contribution in [0.15, 0.2) is 72.8 Å². The highest BCUT2D eigenvalue weighted by molar-refractivity contribution is 6.22. The minimum absolute atomic E-state index is 0.0164. The average molecular weight is 454 g/mol. The van der Waals surface area contributed by atoms with Crippen LogP contribution in [0.5, 0.6) is 0 Å². The van der Waals surface area contributed by atoms with E-state index >= 15 is 0 Å². The van der Waals surface area contributed by atoms with E-state index in [1.54, 1.807) is 72.8 Å². The summed E-state index contributed by atoms with van der Waals surface area (Å²) in [6.45, 7) is -0.206. The average Bonchev–Trinajstić information content (AvgIpc) is 3.25. The van der Waals surface area contributed by atoms with Crippen LogP contribution in [0.25, 0.3) is 0 Å². The van der Waals surface area contributed by atoms with E-state index in [1.165, 1.54) is 0 Å². The molecule has 34 heavy (non-hydrogen) atoms. The number of carbonyl (C=O) groups is 5. The second kappa shape index (κ2) is 8.40. The lowest BCUT2D eigenvalue weighted by Gasteiger charge is -2.15. The van der Waals surface area contributed by atoms with Gasteiger partial charge in [-0.15, -0.1) is 0 Å². The second-order valence-corrected chi connectivity index (χ2v) is 7.89. The van der Waals surface area contributed by atoms with E-state index in [2.05, 4.69) is 0 Å². The fourth-order valence-electron chi connectivity index (χ4n) is 4.12. The van der Waals surface area contributed by atoms with E-state index in [9.17, 15) is 24.0 Å². The highest BCUT2D eigenvalue weighted by Crippen LogP contribution is 2.25. The molecule has 0 saturated carbocycles. The summed E-state index contributed by atoms with van der Waals surface area (Å²) in [7, 11) is 0. The van der Waals surface area contributed by atoms with Crippen LogP contribution in [0, 0.1) is 0 Å². The van der Waals surface area contributed by atoms with E-state index in [0.29, 0.717) is 27.8 Å². The molecule has 2 heterocycles. The van der Waals surface area contributed by atoms with Gasteiger partial charge in [0.1, 0.15) is 6.61 Å². The van der Waals surface area contributed by atoms with Crippen molar-refractivity contribution in [1.82, 2.24) is 9.80 Å². The Bertz CT molecular complexity index is 1310. The molecule has 0 radical (unpaired) electrons. The maximum absolute atomic E-state index is 12.6. The van der Waals surface area contributed by atoms with E-state index in [-0.39, 0.29) is 37.1 Å². The molecule has 3 aromatic carbocycles. The molecule has 8 nitrogen and oxygen atoms in total. The Morgan fingerprint density at radius 1 is 0.647 bits per heavy atom. The van der Waals surface area contributed by atoms with Crippen molar-refractivity contribution in [3.05, 3.63) is 106 Å². The lowest BCUT2D eigenvalue weighted by atomic mass is 10.1. The van der Waals surface area contributed by atoms with Gasteiger partial charge >= 0.3 is 5.97 Å². The molecule has 0 unspecified atom stereocenters. The first-order valence-electron chi connectivity index (χ1n) is 10.6. The van der Waals surface area contributed by atoms with E-state index < -0.39 is 17.8 Å². The normalized spacial score (nSPS) is 14.5. The minimum Gasteiger partial charge on any atom is -0.460 e. The highest BCUT2D eigenvalue weighted by Gasteiger charge is 2.36. The fourth-order valence-corrected chi connectivity index (χ4v) is 4.12. The zero-order valence-corrected chi connectivity index (χ0v) is 17.9. The third-order valence-electron chi connectivity index (χ3n) is 5.81. The molecule has 0 aliphatic carbocycles. The van der Waals surface area contributed by atoms with Crippen LogP contribution in [0.2, 0.25) is 0 Å². The Kier molecular flexibility index (Phi) is 5.25. The van der Waals surface area contributed by atoms with Crippen molar-refractivity contribution in [2.45, 2.75) is 6.54 Å². The van der Waals surface area contributed by atoms with Gasteiger partial charge in [0.2, 0.25) is 0 Å². The van der Waals surface area contributed by atoms with Crippen molar-refractivity contribution in [2.75, 3.05) is 13.2 Å². The highest BCUT2D eigenvalue weighted by atomic mass is 16.5. The fraction of sp³-hybridized carbons (Fsp3) is 0.115. The Balaban J connectivity index is 1.21. The Morgan fingerprint density at radius 3 is 1.68 bits per heavy atom. The predicted octanol–water partition coefficient (Wildman–Crippen LogP) is 2.94. The molecule has 3 aromatic rings. The first-order valence-corrected chi connectivity index (χ1v) is 10.6. The van der Waals surface area contributed by atoms with Crippen molar-refractivity contribution < 1.29 is 28.7 Å². The summed E-state index contributed by atoms with van der Waals surface area (Å²) in [6.07, 6.45) is 0. The number of imide groups is 2. The molecule has 0 bridgehead atoms. The van der Waals surface area contributed by atoms with Crippen LogP contribution < -0.4 is 0 Å². The van der Waals surface area contributed by atoms with Crippen molar-refractivity contribution >= 4 is 29.6 Å². The molecule has 0 saturated heterocycles. The molecule has 168 valence electrons. The van der Waals surface area contributed by atoms with Crippen LogP contribution in [-0.4, -0.2) is 52.5 Å². The van der Waals surface area contributed by atoms with Gasteiger partial charge in [-0.2, -0.15) is 0 Å². The quantitative estimate of drug-likeness (QED) is 0.419. The van der Waals surface area contributed by atoms with E-state index in [1.807, 2.05) is 0 Å². The van der Waals surface area contributed by atoms with Crippen LogP contribution in [-0.2, 0) is 11.3 Å². The van der Waals surface area contributed by atoms with Gasteiger partial charge in [-0.25, -0.2) is 4.79 Å². The van der Waals surface area contributed by atoms with Gasteiger partial charge in [0, 0.05) is 0 Å². The Hall–Kier alpha value is -4.59. The number of nitrogens with zero attached hydrogens (tertiary/aromatic N) is 2. The van der Waals surface area contributed by atoms with Gasteiger partial charge in [0.25, 0.3) is 23.6 Å². The molecule has 0 aromatic heterocycles. The van der Waals surface area contributed by atoms with Gasteiger partial charge in [-0.1, -0.05) is 36.4 Å². The van der Waals surface area contributed by atoms with Crippen LogP contribution in [0.1, 0.15) is 57.4 Å². The number of rotatable bonds is 6. The molecule has 0 N–H and O–H groups in total. The third kappa shape index (κ3) is 3.55. The van der Waals surface area contributed by atoms with Crippen LogP contribution in [0.4, 0.5) is 0 Å². The number of amides is 4. The molecule has 5 rings (SSSR count). The number of fused-ring (bicyclic) bond motifs is 2. The van der Waals surface area contributed by atoms with Gasteiger partial charge in [-0.05, 0) is 42.0 Å². The summed E-state index contributed by atoms with van der Waals surface area (Å²) in [5, 5.41) is 0. The molecular weight excluding hydrogens is 436 g/mol. The molecular formula is C26H18N2O6. The van der Waals surface area contributed by atoms with E-state index in [4.69, 9.17) is 4.74 Å². The number of hydrogen-bond donors (Lipinski definition) is 0. The largest absolute Gasteiger partial charge is 0.460 e. The summed E-state index contributed by atoms with van der Waals surface area (Å²) in [6, 6.07) is 19.6. The summed E-state index contributed by atoms with van der Waals surface area (Å²) >= 11 is 0. The van der Waals surface area contributed by atoms with Crippen LogP contribution in [0.3, 0.4) is 0 Å². The molecule has 0 spiro atoms. The number of hydrogen-bond acceptors (Lipinski definition) is 6. The monoisotopic (exact) mass is 454 g/mol. The third-order valence-corrected chi connectivity index (χ3v) is 5.81. The number of esters is 1. The van der Waals surface area contributed by atoms with Crippen molar-refractivity contribution in [1.29, 1.82) is 0 Å². The maximum Gasteiger partial charge on any atom is 0.338 e. The molecule has 8 heteroatoms. The SMILES string of the molecule is O=C(OCCN1C(=O)c2ccccc2C1=O)c1cccc(CN2C(=O)c3ccccc3C2=O)c1. The number of carbonyl (C=O) groups excluding carboxylic acids is 5. The molecule has 2 aliphatic rings. The molecule has 0 fully saturated rings. The summed E-state index contributed by atoms with van der Waals surface area (Å²) in [4.78, 5) is 64.7. The molecule has 2 aliphatic heterocycles. The Morgan fingerprint density at radius 2 is 1.15 bits per heavy atom. The maximum atomic E-state index is 12.6. The van der Waals surface area contributed by atoms with Gasteiger partial charge in [-0.3, -0.25) is 29.0 Å². The van der Waals surface area contributed by atoms with Gasteiger partial charge in [0.05, 0.1) is 40.9 Å². The van der Waals surface area contributed by atoms with Crippen molar-refractivity contribution in [2.24, 2.45) is 0 Å². The second-order valence-electron chi connectivity index (χ2n) is 7.89. The van der Waals surface area contributed by atoms with E-state index in [0.717, 1.165) is 9.80 Å². The van der Waals surface area contributed by atoms with Gasteiger partial charge < -0.3 is 4.74 Å². The zero-order valence-electron chi connectivity index (χ0n) is 17.9. The smallest absolute Gasteiger partial charge is 0.338 e. The zero-order chi connectivity index (χ0) is 23.8. The lowest BCUT2D eigenvalue weighted by Crippen LogP contribution is -2.33. The first kappa shape index (κ1) is 21.3. The molecule has 0 atom stereocenters. The number of benzene rings is 3. The van der Waals surface area contributed by atoms with Crippen LogP contribution >= 0.6 is 0 Å². The lowest BCUT2D eigenvalue weighted by molar-refractivity contribution is 0.0420. The summed E-state index contributed by atoms with van der Waals surface area (Å²) in [5.41, 5.74) is 2.20. The standard InChI is InChI=1S/C26H18N2O6/c29-22-18-8-1-2-9-19(18)23(30)27(22)12-13-34-26(33)17-7-5-6-16(14-17)15-28-24(31)20-10-3-4-11-21(20)25(28)32/h1-11,14H,12-13,15H2. The molecule has 4 amide bonds. The van der Waals surface area contributed by atoms with Crippen molar-refractivity contribution in [3.63, 3.8) is 0 Å². The Labute approximate surface area is 194 Å². The minimum atomic E-state index is -0.638. The van der Waals surface area contributed by atoms with Gasteiger partial charge in [0.15, 0.2) is 0 Å². The number of ether oxygens (including phenoxy) is 1.